The number of hydrogen-bond acceptors (Lipinski definition) is 3. The van der Waals surface area contributed by atoms with Crippen molar-refractivity contribution in [3.05, 3.63) is 59.1 Å². The summed E-state index contributed by atoms with van der Waals surface area (Å²) < 4.78 is 28.8. The Kier molecular flexibility index (Phi) is 6.36. The molecule has 3 rings (SSSR count). The van der Waals surface area contributed by atoms with E-state index in [0.717, 1.165) is 18.5 Å². The molecule has 0 spiro atoms. The van der Waals surface area contributed by atoms with Crippen molar-refractivity contribution in [2.45, 2.75) is 30.6 Å². The first-order valence-electron chi connectivity index (χ1n) is 9.03. The quantitative estimate of drug-likeness (QED) is 0.773. The van der Waals surface area contributed by atoms with Gasteiger partial charge in [-0.3, -0.25) is 4.79 Å². The van der Waals surface area contributed by atoms with Crippen LogP contribution in [0.2, 0.25) is 5.02 Å². The second kappa shape index (κ2) is 8.75. The lowest BCUT2D eigenvalue weighted by molar-refractivity contribution is -0.116. The molecule has 6 nitrogen and oxygen atoms in total. The van der Waals surface area contributed by atoms with Gasteiger partial charge < -0.3 is 10.2 Å². The number of anilines is 1. The van der Waals surface area contributed by atoms with Gasteiger partial charge >= 0.3 is 0 Å². The van der Waals surface area contributed by atoms with E-state index >= 15 is 0 Å². The molecule has 0 aromatic heterocycles. The number of nitrogens with one attached hydrogen (secondary N) is 1. The first-order valence-corrected chi connectivity index (χ1v) is 10.9. The average Bonchev–Trinajstić information content (AvgIpc) is 3.05. The monoisotopic (exact) mass is 419 g/mol. The number of amides is 1. The molecule has 0 radical (unpaired) electrons. The minimum Gasteiger partial charge on any atom is -0.362 e. The van der Waals surface area contributed by atoms with Gasteiger partial charge in [-0.1, -0.05) is 29.8 Å². The number of likely N-dealkylation sites (tertiary alicyclic amines) is 1. The highest BCUT2D eigenvalue weighted by atomic mass is 35.5. The minimum absolute atomic E-state index is 0.106. The molecule has 28 heavy (non-hydrogen) atoms. The van der Waals surface area contributed by atoms with Gasteiger partial charge in [-0.15, -0.1) is 4.40 Å². The fourth-order valence-electron chi connectivity index (χ4n) is 2.98. The number of benzene rings is 2. The molecule has 1 N–H and O–H groups in total. The summed E-state index contributed by atoms with van der Waals surface area (Å²) in [5.74, 6) is 0.417. The van der Waals surface area contributed by atoms with Crippen molar-refractivity contribution in [3.63, 3.8) is 0 Å². The zero-order chi connectivity index (χ0) is 20.1. The van der Waals surface area contributed by atoms with Crippen LogP contribution in [0.25, 0.3) is 0 Å². The van der Waals surface area contributed by atoms with Crippen molar-refractivity contribution >= 4 is 39.1 Å². The van der Waals surface area contributed by atoms with E-state index in [9.17, 15) is 13.2 Å². The molecule has 0 bridgehead atoms. The number of amidine groups is 1. The van der Waals surface area contributed by atoms with Crippen molar-refractivity contribution in [3.8, 4) is 0 Å². The standard InChI is InChI=1S/C20H22ClN3O3S/c1-24-14-4-7-19(24)23-28(26,27)17-11-9-16(10-12-17)22-20(25)13-8-15-5-2-3-6-18(15)21/h2-3,5-6,9-12H,4,7-8,13-14H2,1H3,(H,22,25)/b23-19-. The molecule has 0 saturated carbocycles. The maximum absolute atomic E-state index is 12.4. The minimum atomic E-state index is -3.75. The first-order chi connectivity index (χ1) is 13.3. The van der Waals surface area contributed by atoms with E-state index in [2.05, 4.69) is 9.71 Å². The first kappa shape index (κ1) is 20.4. The molecule has 0 aliphatic carbocycles. The van der Waals surface area contributed by atoms with Crippen LogP contribution in [0.1, 0.15) is 24.8 Å². The van der Waals surface area contributed by atoms with Crippen LogP contribution in [0.4, 0.5) is 5.69 Å². The second-order valence-corrected chi connectivity index (χ2v) is 8.68. The van der Waals surface area contributed by atoms with Crippen molar-refractivity contribution in [1.29, 1.82) is 0 Å². The highest BCUT2D eigenvalue weighted by molar-refractivity contribution is 7.90. The highest BCUT2D eigenvalue weighted by Crippen LogP contribution is 2.20. The fraction of sp³-hybridized carbons (Fsp3) is 0.300. The van der Waals surface area contributed by atoms with Gasteiger partial charge in [0.15, 0.2) is 0 Å². The smallest absolute Gasteiger partial charge is 0.283 e. The highest BCUT2D eigenvalue weighted by Gasteiger charge is 2.20. The fourth-order valence-corrected chi connectivity index (χ4v) is 4.31. The maximum Gasteiger partial charge on any atom is 0.283 e. The lowest BCUT2D eigenvalue weighted by Gasteiger charge is -2.11. The lowest BCUT2D eigenvalue weighted by Crippen LogP contribution is -2.20. The number of hydrogen-bond donors (Lipinski definition) is 1. The predicted octanol–water partition coefficient (Wildman–Crippen LogP) is 3.72. The van der Waals surface area contributed by atoms with Crippen LogP contribution in [0.5, 0.6) is 0 Å². The van der Waals surface area contributed by atoms with E-state index in [4.69, 9.17) is 11.6 Å². The van der Waals surface area contributed by atoms with E-state index in [0.29, 0.717) is 29.4 Å². The summed E-state index contributed by atoms with van der Waals surface area (Å²) in [7, 11) is -1.92. The Hall–Kier alpha value is -2.38. The van der Waals surface area contributed by atoms with Crippen LogP contribution < -0.4 is 5.32 Å². The zero-order valence-electron chi connectivity index (χ0n) is 15.6. The molecule has 1 amide bonds. The average molecular weight is 420 g/mol. The van der Waals surface area contributed by atoms with Crippen LogP contribution in [-0.2, 0) is 21.2 Å². The van der Waals surface area contributed by atoms with E-state index in [1.807, 2.05) is 30.1 Å². The van der Waals surface area contributed by atoms with E-state index < -0.39 is 10.0 Å². The molecule has 8 heteroatoms. The maximum atomic E-state index is 12.4. The van der Waals surface area contributed by atoms with Gasteiger partial charge in [-0.25, -0.2) is 0 Å². The predicted molar refractivity (Wildman–Crippen MR) is 111 cm³/mol. The summed E-state index contributed by atoms with van der Waals surface area (Å²) >= 11 is 6.10. The topological polar surface area (TPSA) is 78.8 Å². The van der Waals surface area contributed by atoms with Crippen LogP contribution in [0.3, 0.4) is 0 Å². The van der Waals surface area contributed by atoms with Crippen LogP contribution in [-0.4, -0.2) is 38.7 Å². The van der Waals surface area contributed by atoms with E-state index in [1.54, 1.807) is 18.2 Å². The number of halogens is 1. The van der Waals surface area contributed by atoms with Gasteiger partial charge in [-0.05, 0) is 48.7 Å². The third-order valence-corrected chi connectivity index (χ3v) is 6.26. The van der Waals surface area contributed by atoms with Crippen LogP contribution in [0, 0.1) is 0 Å². The number of carbonyl (C=O) groups excluding carboxylic acids is 1. The summed E-state index contributed by atoms with van der Waals surface area (Å²) in [5, 5.41) is 3.41. The Morgan fingerprint density at radius 3 is 2.54 bits per heavy atom. The van der Waals surface area contributed by atoms with Gasteiger partial charge in [0.2, 0.25) is 5.91 Å². The van der Waals surface area contributed by atoms with E-state index in [-0.39, 0.29) is 17.2 Å². The van der Waals surface area contributed by atoms with Gasteiger partial charge in [0, 0.05) is 37.1 Å². The summed E-state index contributed by atoms with van der Waals surface area (Å²) in [6.07, 6.45) is 2.38. The lowest BCUT2D eigenvalue weighted by atomic mass is 10.1. The van der Waals surface area contributed by atoms with Gasteiger partial charge in [0.25, 0.3) is 10.0 Å². The normalized spacial score (nSPS) is 15.8. The molecular weight excluding hydrogens is 398 g/mol. The van der Waals surface area contributed by atoms with Gasteiger partial charge in [0.1, 0.15) is 5.84 Å². The van der Waals surface area contributed by atoms with Gasteiger partial charge in [0.05, 0.1) is 4.90 Å². The van der Waals surface area contributed by atoms with Crippen molar-refractivity contribution in [2.75, 3.05) is 18.9 Å². The van der Waals surface area contributed by atoms with Crippen molar-refractivity contribution in [1.82, 2.24) is 4.90 Å². The Morgan fingerprint density at radius 2 is 1.89 bits per heavy atom. The molecule has 1 aliphatic rings. The molecule has 2 aromatic carbocycles. The second-order valence-electron chi connectivity index (χ2n) is 6.67. The Morgan fingerprint density at radius 1 is 1.18 bits per heavy atom. The van der Waals surface area contributed by atoms with Gasteiger partial charge in [-0.2, -0.15) is 8.42 Å². The largest absolute Gasteiger partial charge is 0.362 e. The summed E-state index contributed by atoms with van der Waals surface area (Å²) in [5.41, 5.74) is 1.45. The summed E-state index contributed by atoms with van der Waals surface area (Å²) in [4.78, 5) is 14.1. The number of nitrogens with zero attached hydrogens (tertiary/aromatic N) is 2. The summed E-state index contributed by atoms with van der Waals surface area (Å²) in [6, 6.07) is 13.5. The molecule has 0 atom stereocenters. The van der Waals surface area contributed by atoms with Crippen LogP contribution >= 0.6 is 11.6 Å². The summed E-state index contributed by atoms with van der Waals surface area (Å²) in [6.45, 7) is 0.813. The Balaban J connectivity index is 1.61. The molecule has 1 aliphatic heterocycles. The molecular formula is C20H22ClN3O3S. The molecule has 1 heterocycles. The number of rotatable bonds is 6. The molecule has 148 valence electrons. The number of aryl methyl sites for hydroxylation is 1. The molecule has 2 aromatic rings. The molecule has 0 unspecified atom stereocenters. The van der Waals surface area contributed by atoms with Crippen LogP contribution in [0.15, 0.2) is 57.8 Å². The number of sulfonamides is 1. The molecule has 1 fully saturated rings. The van der Waals surface area contributed by atoms with Crippen molar-refractivity contribution in [2.24, 2.45) is 4.40 Å². The van der Waals surface area contributed by atoms with Crippen molar-refractivity contribution < 1.29 is 13.2 Å². The molecule has 1 saturated heterocycles. The Bertz CT molecular complexity index is 988. The Labute approximate surface area is 170 Å². The SMILES string of the molecule is CN1CCC/C1=N/S(=O)(=O)c1ccc(NC(=O)CCc2ccccc2Cl)cc1. The van der Waals surface area contributed by atoms with E-state index in [1.165, 1.54) is 12.1 Å². The third-order valence-electron chi connectivity index (χ3n) is 4.58. The zero-order valence-corrected chi connectivity index (χ0v) is 17.1. The number of carbonyl (C=O) groups is 1. The third kappa shape index (κ3) is 5.11.